The highest BCUT2D eigenvalue weighted by Gasteiger charge is 2.20. The molecule has 30 heavy (non-hydrogen) atoms. The Balaban J connectivity index is 1.41. The first-order valence-electron chi connectivity index (χ1n) is 9.43. The van der Waals surface area contributed by atoms with Crippen LogP contribution < -0.4 is 20.1 Å². The highest BCUT2D eigenvalue weighted by atomic mass is 32.1. The molecule has 1 aliphatic rings. The average Bonchev–Trinajstić information content (AvgIpc) is 3.42. The van der Waals surface area contributed by atoms with Gasteiger partial charge in [-0.05, 0) is 36.1 Å². The number of carbonyl (C=O) groups is 2. The normalized spacial score (nSPS) is 13.1. The number of carbonyl (C=O) groups excluding carboxylic acids is 2. The highest BCUT2D eigenvalue weighted by molar-refractivity contribution is 7.15. The number of ether oxygens (including phenoxy) is 2. The Morgan fingerprint density at radius 1 is 1.23 bits per heavy atom. The van der Waals surface area contributed by atoms with Crippen molar-refractivity contribution < 1.29 is 19.1 Å². The largest absolute Gasteiger partial charge is 0.454 e. The lowest BCUT2D eigenvalue weighted by atomic mass is 10.1. The summed E-state index contributed by atoms with van der Waals surface area (Å²) >= 11 is 2.97. The molecular weight excluding hydrogens is 422 g/mol. The predicted octanol–water partition coefficient (Wildman–Crippen LogP) is 4.04. The number of thiazole rings is 1. The molecule has 2 N–H and O–H groups in total. The van der Waals surface area contributed by atoms with Crippen LogP contribution in [-0.4, -0.2) is 23.6 Å². The number of aromatic nitrogens is 1. The van der Waals surface area contributed by atoms with Gasteiger partial charge in [-0.3, -0.25) is 9.59 Å². The minimum atomic E-state index is -0.350. The van der Waals surface area contributed by atoms with Crippen LogP contribution in [0.15, 0.2) is 35.7 Å². The number of anilines is 1. The third kappa shape index (κ3) is 4.80. The molecule has 1 atom stereocenters. The topological polar surface area (TPSA) is 89.6 Å². The minimum Gasteiger partial charge on any atom is -0.454 e. The molecule has 3 heterocycles. The summed E-state index contributed by atoms with van der Waals surface area (Å²) in [6, 6.07) is 9.35. The third-order valence-electron chi connectivity index (χ3n) is 4.59. The monoisotopic (exact) mass is 443 g/mol. The molecule has 0 fully saturated rings. The standard InChI is InChI=1S/C21H21N3O4S2/c1-12-19(9-14-5-6-16-17(8-14)28-11-27-16)30-21(22-12)24-20(26)10-15(23-13(2)25)18-4-3-7-29-18/h3-8,15H,9-11H2,1-2H3,(H,23,25)(H,22,24,26)/t15-/m0/s1. The first kappa shape index (κ1) is 20.4. The molecule has 0 spiro atoms. The van der Waals surface area contributed by atoms with Crippen molar-refractivity contribution in [2.75, 3.05) is 12.1 Å². The number of nitrogens with one attached hydrogen (secondary N) is 2. The first-order chi connectivity index (χ1) is 14.5. The van der Waals surface area contributed by atoms with Gasteiger partial charge in [0.2, 0.25) is 18.6 Å². The smallest absolute Gasteiger partial charge is 0.231 e. The van der Waals surface area contributed by atoms with E-state index in [0.29, 0.717) is 11.6 Å². The second kappa shape index (κ2) is 8.85. The molecule has 1 aromatic carbocycles. The summed E-state index contributed by atoms with van der Waals surface area (Å²) in [4.78, 5) is 30.6. The van der Waals surface area contributed by atoms with Gasteiger partial charge in [-0.2, -0.15) is 0 Å². The van der Waals surface area contributed by atoms with E-state index in [2.05, 4.69) is 15.6 Å². The molecule has 0 saturated heterocycles. The van der Waals surface area contributed by atoms with E-state index >= 15 is 0 Å². The van der Waals surface area contributed by atoms with Crippen LogP contribution in [-0.2, 0) is 16.0 Å². The summed E-state index contributed by atoms with van der Waals surface area (Å²) in [6.07, 6.45) is 0.843. The summed E-state index contributed by atoms with van der Waals surface area (Å²) in [7, 11) is 0. The molecule has 7 nitrogen and oxygen atoms in total. The number of amides is 2. The Morgan fingerprint density at radius 3 is 2.83 bits per heavy atom. The van der Waals surface area contributed by atoms with Crippen LogP contribution >= 0.6 is 22.7 Å². The maximum atomic E-state index is 12.6. The fourth-order valence-electron chi connectivity index (χ4n) is 3.20. The molecule has 9 heteroatoms. The molecule has 0 aliphatic carbocycles. The Labute approximate surface area is 182 Å². The van der Waals surface area contributed by atoms with Crippen molar-refractivity contribution in [1.82, 2.24) is 10.3 Å². The maximum Gasteiger partial charge on any atom is 0.231 e. The molecule has 2 amide bonds. The zero-order valence-corrected chi connectivity index (χ0v) is 18.2. The van der Waals surface area contributed by atoms with Crippen molar-refractivity contribution in [3.63, 3.8) is 0 Å². The summed E-state index contributed by atoms with van der Waals surface area (Å²) in [5.41, 5.74) is 1.97. The van der Waals surface area contributed by atoms with Crippen LogP contribution in [0.1, 0.15) is 40.4 Å². The Morgan fingerprint density at radius 2 is 2.07 bits per heavy atom. The number of thiophene rings is 1. The van der Waals surface area contributed by atoms with Crippen LogP contribution in [0.25, 0.3) is 0 Å². The Hall–Kier alpha value is -2.91. The molecule has 0 unspecified atom stereocenters. The molecular formula is C21H21N3O4S2. The maximum absolute atomic E-state index is 12.6. The van der Waals surface area contributed by atoms with E-state index in [0.717, 1.165) is 32.5 Å². The predicted molar refractivity (Wildman–Crippen MR) is 116 cm³/mol. The summed E-state index contributed by atoms with van der Waals surface area (Å²) in [5, 5.41) is 8.20. The van der Waals surface area contributed by atoms with E-state index < -0.39 is 0 Å². The van der Waals surface area contributed by atoms with E-state index in [1.807, 2.05) is 42.6 Å². The van der Waals surface area contributed by atoms with Gasteiger partial charge in [-0.25, -0.2) is 4.98 Å². The van der Waals surface area contributed by atoms with Crippen molar-refractivity contribution in [2.24, 2.45) is 0 Å². The van der Waals surface area contributed by atoms with Gasteiger partial charge in [0.1, 0.15) is 0 Å². The Bertz CT molecular complexity index is 1060. The van der Waals surface area contributed by atoms with Gasteiger partial charge in [0.15, 0.2) is 16.6 Å². The molecule has 0 radical (unpaired) electrons. The van der Waals surface area contributed by atoms with Gasteiger partial charge in [-0.1, -0.05) is 12.1 Å². The number of hydrogen-bond acceptors (Lipinski definition) is 7. The van der Waals surface area contributed by atoms with Crippen molar-refractivity contribution in [1.29, 1.82) is 0 Å². The quantitative estimate of drug-likeness (QED) is 0.575. The molecule has 0 bridgehead atoms. The number of fused-ring (bicyclic) bond motifs is 1. The van der Waals surface area contributed by atoms with Crippen molar-refractivity contribution in [2.45, 2.75) is 32.7 Å². The van der Waals surface area contributed by atoms with Gasteiger partial charge in [0.05, 0.1) is 18.2 Å². The van der Waals surface area contributed by atoms with Gasteiger partial charge in [0, 0.05) is 23.1 Å². The molecule has 0 saturated carbocycles. The van der Waals surface area contributed by atoms with E-state index in [1.54, 1.807) is 0 Å². The minimum absolute atomic E-state index is 0.149. The van der Waals surface area contributed by atoms with Gasteiger partial charge in [-0.15, -0.1) is 22.7 Å². The summed E-state index contributed by atoms with van der Waals surface area (Å²) < 4.78 is 10.8. The van der Waals surface area contributed by atoms with Crippen LogP contribution in [0.5, 0.6) is 11.5 Å². The third-order valence-corrected chi connectivity index (χ3v) is 6.65. The van der Waals surface area contributed by atoms with E-state index in [1.165, 1.54) is 29.6 Å². The number of hydrogen-bond donors (Lipinski definition) is 2. The van der Waals surface area contributed by atoms with Crippen molar-refractivity contribution >= 4 is 39.6 Å². The van der Waals surface area contributed by atoms with E-state index in [9.17, 15) is 9.59 Å². The Kier molecular flexibility index (Phi) is 6.01. The fraction of sp³-hybridized carbons (Fsp3) is 0.286. The zero-order valence-electron chi connectivity index (χ0n) is 16.6. The molecule has 2 aromatic heterocycles. The summed E-state index contributed by atoms with van der Waals surface area (Å²) in [5.74, 6) is 1.15. The van der Waals surface area contributed by atoms with Gasteiger partial charge in [0.25, 0.3) is 0 Å². The zero-order chi connectivity index (χ0) is 21.1. The van der Waals surface area contributed by atoms with Gasteiger partial charge >= 0.3 is 0 Å². The second-order valence-corrected chi connectivity index (χ2v) is 8.98. The van der Waals surface area contributed by atoms with Gasteiger partial charge < -0.3 is 20.1 Å². The lowest BCUT2D eigenvalue weighted by Gasteiger charge is -2.15. The average molecular weight is 444 g/mol. The molecule has 156 valence electrons. The number of nitrogens with zero attached hydrogens (tertiary/aromatic N) is 1. The lowest BCUT2D eigenvalue weighted by Crippen LogP contribution is -2.29. The first-order valence-corrected chi connectivity index (χ1v) is 11.1. The van der Waals surface area contributed by atoms with Crippen molar-refractivity contribution in [3.8, 4) is 11.5 Å². The fourth-order valence-corrected chi connectivity index (χ4v) is 4.99. The second-order valence-electron chi connectivity index (χ2n) is 6.91. The van der Waals surface area contributed by atoms with Crippen LogP contribution in [0.4, 0.5) is 5.13 Å². The molecule has 4 rings (SSSR count). The molecule has 3 aromatic rings. The van der Waals surface area contributed by atoms with Crippen LogP contribution in [0.2, 0.25) is 0 Å². The molecule has 1 aliphatic heterocycles. The number of aryl methyl sites for hydroxylation is 1. The summed E-state index contributed by atoms with van der Waals surface area (Å²) in [6.45, 7) is 3.63. The van der Waals surface area contributed by atoms with Crippen LogP contribution in [0, 0.1) is 6.92 Å². The number of benzene rings is 1. The van der Waals surface area contributed by atoms with E-state index in [-0.39, 0.29) is 31.1 Å². The van der Waals surface area contributed by atoms with Crippen molar-refractivity contribution in [3.05, 3.63) is 56.7 Å². The highest BCUT2D eigenvalue weighted by Crippen LogP contribution is 2.34. The van der Waals surface area contributed by atoms with E-state index in [4.69, 9.17) is 9.47 Å². The van der Waals surface area contributed by atoms with Crippen LogP contribution in [0.3, 0.4) is 0 Å². The SMILES string of the molecule is CC(=O)N[C@@H](CC(=O)Nc1nc(C)c(Cc2ccc3c(c2)OCO3)s1)c1cccs1. The number of rotatable bonds is 7. The lowest BCUT2D eigenvalue weighted by molar-refractivity contribution is -0.120.